The Balaban J connectivity index is 2.88. The molecule has 0 unspecified atom stereocenters. The first-order chi connectivity index (χ1) is 7.04. The fraction of sp³-hybridized carbons (Fsp3) is 0.167. The van der Waals surface area contributed by atoms with E-state index in [4.69, 9.17) is 0 Å². The van der Waals surface area contributed by atoms with Gasteiger partial charge in [0, 0.05) is 4.91 Å². The van der Waals surface area contributed by atoms with E-state index < -0.39 is 11.6 Å². The summed E-state index contributed by atoms with van der Waals surface area (Å²) in [6.45, 7) is 7.67. The summed E-state index contributed by atoms with van der Waals surface area (Å²) in [5.41, 5.74) is 0.611. The summed E-state index contributed by atoms with van der Waals surface area (Å²) in [6, 6.07) is 3.80. The average Bonchev–Trinajstić information content (AvgIpc) is 2.21. The molecule has 1 rings (SSSR count). The van der Waals surface area contributed by atoms with Crippen LogP contribution in [0, 0.1) is 11.6 Å². The van der Waals surface area contributed by atoms with Gasteiger partial charge < -0.3 is 0 Å². The van der Waals surface area contributed by atoms with Crippen molar-refractivity contribution in [3.8, 4) is 0 Å². The first-order valence-electron chi connectivity index (χ1n) is 4.49. The molecule has 0 bridgehead atoms. The van der Waals surface area contributed by atoms with E-state index >= 15 is 0 Å². The summed E-state index contributed by atoms with van der Waals surface area (Å²) < 4.78 is 25.6. The van der Waals surface area contributed by atoms with Gasteiger partial charge in [-0.05, 0) is 36.4 Å². The van der Waals surface area contributed by atoms with E-state index in [1.807, 2.05) is 19.9 Å². The summed E-state index contributed by atoms with van der Waals surface area (Å²) in [5, 5.41) is 0. The lowest BCUT2D eigenvalue weighted by Crippen LogP contribution is -1.86. The Labute approximate surface area is 92.7 Å². The van der Waals surface area contributed by atoms with Crippen LogP contribution < -0.4 is 0 Å². The molecule has 0 atom stereocenters. The highest BCUT2D eigenvalue weighted by Gasteiger charge is 2.05. The number of hydrogen-bond donors (Lipinski definition) is 0. The third kappa shape index (κ3) is 3.20. The number of benzene rings is 1. The molecule has 0 aliphatic rings. The summed E-state index contributed by atoms with van der Waals surface area (Å²) in [4.78, 5) is 1.79. The summed E-state index contributed by atoms with van der Waals surface area (Å²) >= 11 is 1.44. The van der Waals surface area contributed by atoms with E-state index in [2.05, 4.69) is 6.58 Å². The highest BCUT2D eigenvalue weighted by molar-refractivity contribution is 8.11. The maximum Gasteiger partial charge on any atom is 0.159 e. The predicted molar refractivity (Wildman–Crippen MR) is 62.4 cm³/mol. The van der Waals surface area contributed by atoms with Gasteiger partial charge >= 0.3 is 0 Å². The molecule has 0 aromatic heterocycles. The Morgan fingerprint density at radius 1 is 1.33 bits per heavy atom. The van der Waals surface area contributed by atoms with Gasteiger partial charge in [0.25, 0.3) is 0 Å². The highest BCUT2D eigenvalue weighted by atomic mass is 32.2. The van der Waals surface area contributed by atoms with Crippen molar-refractivity contribution in [1.82, 2.24) is 0 Å². The van der Waals surface area contributed by atoms with Crippen molar-refractivity contribution in [3.05, 3.63) is 53.0 Å². The standard InChI is InChI=1S/C12H12F2S/c1-4-8(2)15-9(3)10-5-6-11(13)12(14)7-10/h4-7H,3H2,1-2H3/b8-4-. The van der Waals surface area contributed by atoms with Crippen molar-refractivity contribution in [3.63, 3.8) is 0 Å². The molecular formula is C12H12F2S. The van der Waals surface area contributed by atoms with Gasteiger partial charge in [-0.2, -0.15) is 0 Å². The quantitative estimate of drug-likeness (QED) is 0.726. The topological polar surface area (TPSA) is 0 Å². The average molecular weight is 226 g/mol. The Morgan fingerprint density at radius 2 is 2.00 bits per heavy atom. The van der Waals surface area contributed by atoms with Crippen LogP contribution in [0.2, 0.25) is 0 Å². The monoisotopic (exact) mass is 226 g/mol. The van der Waals surface area contributed by atoms with Crippen molar-refractivity contribution in [2.75, 3.05) is 0 Å². The lowest BCUT2D eigenvalue weighted by atomic mass is 10.2. The van der Waals surface area contributed by atoms with Crippen LogP contribution >= 0.6 is 11.8 Å². The van der Waals surface area contributed by atoms with Crippen molar-refractivity contribution >= 4 is 16.7 Å². The van der Waals surface area contributed by atoms with Gasteiger partial charge in [0.2, 0.25) is 0 Å². The molecule has 0 amide bonds. The molecule has 0 heterocycles. The third-order valence-electron chi connectivity index (χ3n) is 1.93. The lowest BCUT2D eigenvalue weighted by molar-refractivity contribution is 0.508. The van der Waals surface area contributed by atoms with Crippen LogP contribution in [0.5, 0.6) is 0 Å². The molecule has 0 radical (unpaired) electrons. The van der Waals surface area contributed by atoms with Crippen LogP contribution in [-0.2, 0) is 0 Å². The lowest BCUT2D eigenvalue weighted by Gasteiger charge is -2.05. The number of hydrogen-bond acceptors (Lipinski definition) is 1. The van der Waals surface area contributed by atoms with Crippen LogP contribution in [-0.4, -0.2) is 0 Å². The maximum absolute atomic E-state index is 12.9. The van der Waals surface area contributed by atoms with E-state index in [0.717, 1.165) is 17.0 Å². The van der Waals surface area contributed by atoms with Gasteiger partial charge in [0.15, 0.2) is 11.6 Å². The van der Waals surface area contributed by atoms with E-state index in [1.165, 1.54) is 17.8 Å². The largest absolute Gasteiger partial charge is 0.204 e. The molecule has 0 saturated heterocycles. The summed E-state index contributed by atoms with van der Waals surface area (Å²) in [6.07, 6.45) is 1.94. The molecule has 80 valence electrons. The molecule has 1 aromatic carbocycles. The van der Waals surface area contributed by atoms with Crippen LogP contribution in [0.1, 0.15) is 19.4 Å². The molecule has 0 spiro atoms. The fourth-order valence-corrected chi connectivity index (χ4v) is 1.73. The SMILES string of the molecule is C=C(S/C(C)=C\C)c1ccc(F)c(F)c1. The normalized spacial score (nSPS) is 11.6. The van der Waals surface area contributed by atoms with Crippen LogP contribution in [0.3, 0.4) is 0 Å². The molecule has 0 aliphatic carbocycles. The minimum atomic E-state index is -0.840. The Hall–Kier alpha value is -1.09. The van der Waals surface area contributed by atoms with Gasteiger partial charge in [-0.1, -0.05) is 30.5 Å². The Bertz CT molecular complexity index is 408. The fourth-order valence-electron chi connectivity index (χ4n) is 0.982. The number of halogens is 2. The molecule has 0 fully saturated rings. The van der Waals surface area contributed by atoms with E-state index in [1.54, 1.807) is 0 Å². The Morgan fingerprint density at radius 3 is 2.53 bits per heavy atom. The second kappa shape index (κ2) is 5.12. The molecule has 1 aromatic rings. The number of thioether (sulfide) groups is 1. The first kappa shape index (κ1) is 12.0. The van der Waals surface area contributed by atoms with Gasteiger partial charge in [-0.25, -0.2) is 8.78 Å². The predicted octanol–water partition coefficient (Wildman–Crippen LogP) is 4.59. The molecule has 0 aliphatic heterocycles. The molecule has 3 heteroatoms. The molecular weight excluding hydrogens is 214 g/mol. The zero-order chi connectivity index (χ0) is 11.4. The zero-order valence-electron chi connectivity index (χ0n) is 8.68. The summed E-state index contributed by atoms with van der Waals surface area (Å²) in [7, 11) is 0. The maximum atomic E-state index is 12.9. The van der Waals surface area contributed by atoms with Crippen LogP contribution in [0.25, 0.3) is 4.91 Å². The van der Waals surface area contributed by atoms with Crippen LogP contribution in [0.15, 0.2) is 35.8 Å². The van der Waals surface area contributed by atoms with E-state index in [-0.39, 0.29) is 0 Å². The van der Waals surface area contributed by atoms with Gasteiger partial charge in [0.05, 0.1) is 0 Å². The highest BCUT2D eigenvalue weighted by Crippen LogP contribution is 2.31. The van der Waals surface area contributed by atoms with E-state index in [0.29, 0.717) is 10.5 Å². The second-order valence-electron chi connectivity index (χ2n) is 3.05. The third-order valence-corrected chi connectivity index (χ3v) is 2.97. The van der Waals surface area contributed by atoms with Crippen LogP contribution in [0.4, 0.5) is 8.78 Å². The second-order valence-corrected chi connectivity index (χ2v) is 4.39. The number of allylic oxidation sites excluding steroid dienone is 2. The van der Waals surface area contributed by atoms with Crippen molar-refractivity contribution in [1.29, 1.82) is 0 Å². The molecule has 15 heavy (non-hydrogen) atoms. The minimum absolute atomic E-state index is 0.611. The van der Waals surface area contributed by atoms with E-state index in [9.17, 15) is 8.78 Å². The molecule has 0 saturated carbocycles. The Kier molecular flexibility index (Phi) is 4.09. The van der Waals surface area contributed by atoms with Crippen molar-refractivity contribution in [2.45, 2.75) is 13.8 Å². The zero-order valence-corrected chi connectivity index (χ0v) is 9.50. The van der Waals surface area contributed by atoms with Gasteiger partial charge in [-0.3, -0.25) is 0 Å². The number of rotatable bonds is 3. The van der Waals surface area contributed by atoms with Crippen molar-refractivity contribution < 1.29 is 8.78 Å². The first-order valence-corrected chi connectivity index (χ1v) is 5.31. The van der Waals surface area contributed by atoms with Gasteiger partial charge in [0.1, 0.15) is 0 Å². The molecule has 0 N–H and O–H groups in total. The molecule has 0 nitrogen and oxygen atoms in total. The summed E-state index contributed by atoms with van der Waals surface area (Å²) in [5.74, 6) is -1.67. The smallest absolute Gasteiger partial charge is 0.159 e. The minimum Gasteiger partial charge on any atom is -0.204 e. The van der Waals surface area contributed by atoms with Crippen molar-refractivity contribution in [2.24, 2.45) is 0 Å². The van der Waals surface area contributed by atoms with Gasteiger partial charge in [-0.15, -0.1) is 0 Å².